The average molecular weight is 469 g/mol. The van der Waals surface area contributed by atoms with Gasteiger partial charge in [0.05, 0.1) is 17.1 Å². The number of hydrogen-bond donors (Lipinski definition) is 1. The van der Waals surface area contributed by atoms with Crippen LogP contribution in [0.1, 0.15) is 17.3 Å². The van der Waals surface area contributed by atoms with Crippen molar-refractivity contribution in [2.75, 3.05) is 37.7 Å². The lowest BCUT2D eigenvalue weighted by atomic mass is 10.1. The van der Waals surface area contributed by atoms with E-state index in [1.807, 2.05) is 11.0 Å². The van der Waals surface area contributed by atoms with Crippen LogP contribution in [0, 0.1) is 0 Å². The smallest absolute Gasteiger partial charge is 0.341 e. The molecule has 10 heteroatoms. The Labute approximate surface area is 192 Å². The third-order valence-corrected chi connectivity index (χ3v) is 7.29. The van der Waals surface area contributed by atoms with Gasteiger partial charge < -0.3 is 14.7 Å². The zero-order valence-corrected chi connectivity index (χ0v) is 18.9. The minimum absolute atomic E-state index is 0.140. The van der Waals surface area contributed by atoms with Crippen LogP contribution < -0.4 is 4.90 Å². The molecule has 0 aliphatic carbocycles. The summed E-state index contributed by atoms with van der Waals surface area (Å²) in [4.78, 5) is 22.3. The maximum atomic E-state index is 13.1. The number of ether oxygens (including phenoxy) is 1. The fourth-order valence-corrected chi connectivity index (χ4v) is 5.03. The third-order valence-electron chi connectivity index (χ3n) is 5.38. The van der Waals surface area contributed by atoms with E-state index < -0.39 is 16.0 Å². The topological polar surface area (TPSA) is 113 Å². The van der Waals surface area contributed by atoms with Gasteiger partial charge in [-0.3, -0.25) is 0 Å². The molecule has 9 nitrogen and oxygen atoms in total. The minimum Gasteiger partial charge on any atom is -0.507 e. The summed E-state index contributed by atoms with van der Waals surface area (Å²) in [7, 11) is -3.66. The highest BCUT2D eigenvalue weighted by atomic mass is 32.2. The van der Waals surface area contributed by atoms with Crippen molar-refractivity contribution in [3.05, 3.63) is 66.5 Å². The van der Waals surface area contributed by atoms with Crippen LogP contribution in [0.4, 0.5) is 5.95 Å². The maximum Gasteiger partial charge on any atom is 0.341 e. The molecule has 0 atom stereocenters. The van der Waals surface area contributed by atoms with E-state index in [9.17, 15) is 18.3 Å². The summed E-state index contributed by atoms with van der Waals surface area (Å²) in [6, 6.07) is 13.4. The van der Waals surface area contributed by atoms with Gasteiger partial charge in [-0.15, -0.1) is 0 Å². The Balaban J connectivity index is 1.42. The molecule has 172 valence electrons. The van der Waals surface area contributed by atoms with Crippen molar-refractivity contribution < 1.29 is 23.1 Å². The molecule has 0 saturated carbocycles. The third kappa shape index (κ3) is 4.81. The van der Waals surface area contributed by atoms with Gasteiger partial charge in [0.25, 0.3) is 0 Å². The van der Waals surface area contributed by atoms with E-state index in [2.05, 4.69) is 9.97 Å². The molecule has 0 unspecified atom stereocenters. The first-order valence-corrected chi connectivity index (χ1v) is 12.0. The van der Waals surface area contributed by atoms with Gasteiger partial charge in [0.2, 0.25) is 16.0 Å². The molecule has 1 aliphatic rings. The highest BCUT2D eigenvalue weighted by Crippen LogP contribution is 2.30. The maximum absolute atomic E-state index is 13.1. The normalized spacial score (nSPS) is 14.8. The second kappa shape index (κ2) is 9.55. The molecule has 1 saturated heterocycles. The summed E-state index contributed by atoms with van der Waals surface area (Å²) in [6.07, 6.45) is 2.82. The number of carbonyl (C=O) groups excluding carboxylic acids is 1. The van der Waals surface area contributed by atoms with Crippen molar-refractivity contribution >= 4 is 21.9 Å². The van der Waals surface area contributed by atoms with E-state index in [-0.39, 0.29) is 35.9 Å². The first kappa shape index (κ1) is 22.7. The van der Waals surface area contributed by atoms with Crippen LogP contribution in [0.15, 0.2) is 65.8 Å². The predicted molar refractivity (Wildman–Crippen MR) is 123 cm³/mol. The number of nitrogens with zero attached hydrogens (tertiary/aromatic N) is 4. The fraction of sp³-hybridized carbons (Fsp3) is 0.261. The van der Waals surface area contributed by atoms with Crippen LogP contribution in [0.3, 0.4) is 0 Å². The minimum atomic E-state index is -3.66. The Hall–Kier alpha value is -3.50. The van der Waals surface area contributed by atoms with Crippen molar-refractivity contribution in [1.82, 2.24) is 14.3 Å². The molecule has 3 aromatic rings. The molecule has 2 heterocycles. The Morgan fingerprint density at radius 3 is 2.24 bits per heavy atom. The van der Waals surface area contributed by atoms with Gasteiger partial charge in [0, 0.05) is 44.1 Å². The summed E-state index contributed by atoms with van der Waals surface area (Å²) in [5.74, 6) is 0.0994. The highest BCUT2D eigenvalue weighted by molar-refractivity contribution is 7.89. The van der Waals surface area contributed by atoms with Crippen LogP contribution in [0.5, 0.6) is 5.75 Å². The second-order valence-corrected chi connectivity index (χ2v) is 9.36. The lowest BCUT2D eigenvalue weighted by molar-refractivity contribution is 0.0525. The number of hydrogen-bond acceptors (Lipinski definition) is 8. The van der Waals surface area contributed by atoms with Gasteiger partial charge >= 0.3 is 5.97 Å². The number of rotatable bonds is 6. The van der Waals surface area contributed by atoms with Gasteiger partial charge in [-0.05, 0) is 30.7 Å². The van der Waals surface area contributed by atoms with E-state index >= 15 is 0 Å². The molecule has 0 spiro atoms. The molecule has 33 heavy (non-hydrogen) atoms. The van der Waals surface area contributed by atoms with Gasteiger partial charge in [-0.2, -0.15) is 4.31 Å². The van der Waals surface area contributed by atoms with Crippen molar-refractivity contribution in [1.29, 1.82) is 0 Å². The molecule has 0 amide bonds. The SMILES string of the molecule is CCOC(=O)c1cnc(N2CCN(S(=O)(=O)c3ccc(-c4ccccc4O)cc3)CC2)nc1. The number of aromatic hydroxyl groups is 1. The molecular formula is C23H24N4O5S. The van der Waals surface area contributed by atoms with E-state index in [4.69, 9.17) is 4.74 Å². The van der Waals surface area contributed by atoms with Crippen LogP contribution in [0.25, 0.3) is 11.1 Å². The first-order chi connectivity index (χ1) is 15.9. The summed E-state index contributed by atoms with van der Waals surface area (Å²) < 4.78 is 32.6. The molecule has 2 aromatic carbocycles. The molecule has 1 aliphatic heterocycles. The molecule has 1 N–H and O–H groups in total. The fourth-order valence-electron chi connectivity index (χ4n) is 3.61. The summed E-state index contributed by atoms with van der Waals surface area (Å²) in [5.41, 5.74) is 1.65. The Bertz CT molecular complexity index is 1220. The standard InChI is InChI=1S/C23H24N4O5S/c1-2-32-22(29)18-15-24-23(25-16-18)26-11-13-27(14-12-26)33(30,31)19-9-7-17(8-10-19)20-5-3-4-6-21(20)28/h3-10,15-16,28H,2,11-14H2,1H3. The zero-order valence-electron chi connectivity index (χ0n) is 18.1. The molecule has 4 rings (SSSR count). The monoisotopic (exact) mass is 468 g/mol. The van der Waals surface area contributed by atoms with E-state index in [0.717, 1.165) is 5.56 Å². The number of benzene rings is 2. The number of piperazine rings is 1. The average Bonchev–Trinajstić information content (AvgIpc) is 2.85. The molecule has 0 radical (unpaired) electrons. The second-order valence-electron chi connectivity index (χ2n) is 7.42. The van der Waals surface area contributed by atoms with Gasteiger partial charge in [0.1, 0.15) is 5.75 Å². The summed E-state index contributed by atoms with van der Waals surface area (Å²) in [6.45, 7) is 3.42. The first-order valence-electron chi connectivity index (χ1n) is 10.5. The Kier molecular flexibility index (Phi) is 6.57. The Morgan fingerprint density at radius 1 is 1.00 bits per heavy atom. The highest BCUT2D eigenvalue weighted by Gasteiger charge is 2.29. The molecular weight excluding hydrogens is 444 g/mol. The van der Waals surface area contributed by atoms with Gasteiger partial charge in [-0.1, -0.05) is 30.3 Å². The lowest BCUT2D eigenvalue weighted by Gasteiger charge is -2.34. The summed E-state index contributed by atoms with van der Waals surface area (Å²) in [5, 5.41) is 10.0. The molecule has 0 bridgehead atoms. The van der Waals surface area contributed by atoms with Crippen molar-refractivity contribution in [2.45, 2.75) is 11.8 Å². The van der Waals surface area contributed by atoms with Gasteiger partial charge in [0.15, 0.2) is 0 Å². The van der Waals surface area contributed by atoms with Crippen LogP contribution in [-0.4, -0.2) is 66.6 Å². The number of phenols is 1. The Morgan fingerprint density at radius 2 is 1.64 bits per heavy atom. The number of para-hydroxylation sites is 1. The number of carbonyl (C=O) groups is 1. The number of sulfonamides is 1. The zero-order chi connectivity index (χ0) is 23.4. The van der Waals surface area contributed by atoms with Crippen molar-refractivity contribution in [2.24, 2.45) is 0 Å². The van der Waals surface area contributed by atoms with Crippen LogP contribution in [-0.2, 0) is 14.8 Å². The molecule has 1 aromatic heterocycles. The largest absolute Gasteiger partial charge is 0.507 e. The van der Waals surface area contributed by atoms with E-state index in [1.165, 1.54) is 16.7 Å². The van der Waals surface area contributed by atoms with Crippen LogP contribution in [0.2, 0.25) is 0 Å². The number of anilines is 1. The molecule has 1 fully saturated rings. The summed E-state index contributed by atoms with van der Waals surface area (Å²) >= 11 is 0. The van der Waals surface area contributed by atoms with Gasteiger partial charge in [-0.25, -0.2) is 23.2 Å². The number of aromatic nitrogens is 2. The van der Waals surface area contributed by atoms with Crippen LogP contribution >= 0.6 is 0 Å². The van der Waals surface area contributed by atoms with Crippen molar-refractivity contribution in [3.63, 3.8) is 0 Å². The van der Waals surface area contributed by atoms with Crippen molar-refractivity contribution in [3.8, 4) is 16.9 Å². The van der Waals surface area contributed by atoms with E-state index in [1.54, 1.807) is 49.4 Å². The quantitative estimate of drug-likeness (QED) is 0.549. The predicted octanol–water partition coefficient (Wildman–Crippen LogP) is 2.54. The number of phenolic OH excluding ortho intramolecular Hbond substituents is 1. The lowest BCUT2D eigenvalue weighted by Crippen LogP contribution is -2.49. The van der Waals surface area contributed by atoms with E-state index in [0.29, 0.717) is 24.6 Å². The number of esters is 1.